The molecule has 0 atom stereocenters. The summed E-state index contributed by atoms with van der Waals surface area (Å²) in [5.41, 5.74) is 4.99. The molecule has 0 heterocycles. The summed E-state index contributed by atoms with van der Waals surface area (Å²) in [5, 5.41) is 21.1. The number of aliphatic hydroxyl groups excluding tert-OH is 1. The molecule has 0 aliphatic rings. The number of hydrogen-bond donors (Lipinski definition) is 4. The predicted molar refractivity (Wildman–Crippen MR) is 28.5 cm³/mol. The molecule has 0 aromatic heterocycles. The number of amidine groups is 1. The fourth-order valence-electron chi connectivity index (χ4n) is 0.219. The summed E-state index contributed by atoms with van der Waals surface area (Å²) in [6, 6.07) is 0. The van der Waals surface area contributed by atoms with Gasteiger partial charge in [-0.3, -0.25) is 5.32 Å². The minimum absolute atomic E-state index is 0.0547. The molecule has 0 radical (unpaired) electrons. The first-order chi connectivity index (χ1) is 3.81. The van der Waals surface area contributed by atoms with E-state index in [1.807, 2.05) is 0 Å². The number of aliphatic hydroxyl groups is 1. The molecule has 5 N–H and O–H groups in total. The maximum absolute atomic E-state index is 8.11. The molecular weight excluding hydrogens is 110 g/mol. The smallest absolute Gasteiger partial charge is 0.153 e. The lowest BCUT2D eigenvalue weighted by molar-refractivity contribution is 0.266. The van der Waals surface area contributed by atoms with E-state index in [0.717, 1.165) is 0 Å². The van der Waals surface area contributed by atoms with Crippen LogP contribution in [-0.2, 0) is 0 Å². The first-order valence-electron chi connectivity index (χ1n) is 2.09. The van der Waals surface area contributed by atoms with Gasteiger partial charge < -0.3 is 16.0 Å². The summed E-state index contributed by atoms with van der Waals surface area (Å²) in [6.45, 7) is 0.0310. The van der Waals surface area contributed by atoms with Crippen LogP contribution in [0.3, 0.4) is 0 Å². The lowest BCUT2D eigenvalue weighted by Gasteiger charge is -1.95. The first kappa shape index (κ1) is 7.19. The van der Waals surface area contributed by atoms with Crippen molar-refractivity contribution in [2.45, 2.75) is 0 Å². The van der Waals surface area contributed by atoms with E-state index in [1.165, 1.54) is 0 Å². The Balaban J connectivity index is 3.12. The Morgan fingerprint density at radius 2 is 2.38 bits per heavy atom. The normalized spacial score (nSPS) is 11.9. The van der Waals surface area contributed by atoms with E-state index in [-0.39, 0.29) is 19.1 Å². The van der Waals surface area contributed by atoms with Crippen LogP contribution in [-0.4, -0.2) is 29.4 Å². The van der Waals surface area contributed by atoms with Crippen molar-refractivity contribution in [2.75, 3.05) is 13.3 Å². The molecule has 48 valence electrons. The van der Waals surface area contributed by atoms with E-state index in [0.29, 0.717) is 0 Å². The molecule has 5 nitrogen and oxygen atoms in total. The average molecular weight is 119 g/mol. The predicted octanol–water partition coefficient (Wildman–Crippen LogP) is -1.73. The summed E-state index contributed by atoms with van der Waals surface area (Å²) in [6.07, 6.45) is 0. The monoisotopic (exact) mass is 119 g/mol. The molecule has 0 saturated carbocycles. The largest absolute Gasteiger partial charge is 0.409 e. The van der Waals surface area contributed by atoms with Gasteiger partial charge in [0.1, 0.15) is 0 Å². The molecule has 0 saturated heterocycles. The lowest BCUT2D eigenvalue weighted by atomic mass is 10.6. The minimum Gasteiger partial charge on any atom is -0.409 e. The van der Waals surface area contributed by atoms with E-state index in [4.69, 9.17) is 16.0 Å². The van der Waals surface area contributed by atoms with Crippen LogP contribution < -0.4 is 11.1 Å². The van der Waals surface area contributed by atoms with Gasteiger partial charge in [0.2, 0.25) is 0 Å². The zero-order chi connectivity index (χ0) is 6.41. The highest BCUT2D eigenvalue weighted by molar-refractivity contribution is 5.81. The fraction of sp³-hybridized carbons (Fsp3) is 0.667. The highest BCUT2D eigenvalue weighted by Crippen LogP contribution is 1.59. The van der Waals surface area contributed by atoms with Gasteiger partial charge in [-0.2, -0.15) is 0 Å². The van der Waals surface area contributed by atoms with Crippen molar-refractivity contribution >= 4 is 5.84 Å². The lowest BCUT2D eigenvalue weighted by Crippen LogP contribution is -2.29. The van der Waals surface area contributed by atoms with Crippen molar-refractivity contribution in [3.8, 4) is 0 Å². The van der Waals surface area contributed by atoms with E-state index in [9.17, 15) is 0 Å². The maximum atomic E-state index is 8.11. The van der Waals surface area contributed by atoms with Crippen molar-refractivity contribution < 1.29 is 10.3 Å². The molecule has 0 amide bonds. The fourth-order valence-corrected chi connectivity index (χ4v) is 0.219. The molecule has 0 spiro atoms. The van der Waals surface area contributed by atoms with Gasteiger partial charge in [-0.25, -0.2) is 0 Å². The van der Waals surface area contributed by atoms with Crippen LogP contribution in [0.5, 0.6) is 0 Å². The van der Waals surface area contributed by atoms with Gasteiger partial charge in [0.05, 0.1) is 13.3 Å². The van der Waals surface area contributed by atoms with Crippen LogP contribution >= 0.6 is 0 Å². The number of hydrogen-bond acceptors (Lipinski definition) is 4. The molecule has 0 bridgehead atoms. The zero-order valence-corrected chi connectivity index (χ0v) is 4.33. The molecule has 0 aliphatic carbocycles. The van der Waals surface area contributed by atoms with Crippen molar-refractivity contribution in [1.29, 1.82) is 0 Å². The Hall–Kier alpha value is -0.810. The zero-order valence-electron chi connectivity index (χ0n) is 4.33. The molecule has 8 heavy (non-hydrogen) atoms. The minimum atomic E-state index is -0.170. The second-order valence-corrected chi connectivity index (χ2v) is 1.18. The second kappa shape index (κ2) is 4.35. The Morgan fingerprint density at radius 1 is 1.75 bits per heavy atom. The highest BCUT2D eigenvalue weighted by Gasteiger charge is 1.86. The van der Waals surface area contributed by atoms with E-state index >= 15 is 0 Å². The summed E-state index contributed by atoms with van der Waals surface area (Å²) in [5.74, 6) is 0.0547. The Kier molecular flexibility index (Phi) is 3.91. The van der Waals surface area contributed by atoms with Crippen molar-refractivity contribution in [2.24, 2.45) is 10.9 Å². The Bertz CT molecular complexity index is 82.6. The third kappa shape index (κ3) is 3.38. The third-order valence-corrected chi connectivity index (χ3v) is 0.546. The number of nitrogens with zero attached hydrogens (tertiary/aromatic N) is 1. The van der Waals surface area contributed by atoms with E-state index < -0.39 is 0 Å². The summed E-state index contributed by atoms with van der Waals surface area (Å²) in [4.78, 5) is 0. The SMILES string of the molecule is N/C(CNCO)=N\O. The number of rotatable bonds is 3. The summed E-state index contributed by atoms with van der Waals surface area (Å²) < 4.78 is 0. The van der Waals surface area contributed by atoms with Gasteiger partial charge >= 0.3 is 0 Å². The standard InChI is InChI=1S/C3H9N3O2/c4-3(6-8)1-5-2-7/h5,7-8H,1-2H2,(H2,4,6). The maximum Gasteiger partial charge on any atom is 0.153 e. The Labute approximate surface area is 46.8 Å². The quantitative estimate of drug-likeness (QED) is 0.117. The number of oxime groups is 1. The van der Waals surface area contributed by atoms with Crippen LogP contribution in [0.15, 0.2) is 5.16 Å². The van der Waals surface area contributed by atoms with Gasteiger partial charge in [0.25, 0.3) is 0 Å². The van der Waals surface area contributed by atoms with Crippen LogP contribution in [0.1, 0.15) is 0 Å². The van der Waals surface area contributed by atoms with Crippen LogP contribution in [0.4, 0.5) is 0 Å². The summed E-state index contributed by atoms with van der Waals surface area (Å²) in [7, 11) is 0. The molecule has 0 aliphatic heterocycles. The van der Waals surface area contributed by atoms with Gasteiger partial charge in [-0.05, 0) is 0 Å². The molecule has 5 heteroatoms. The molecule has 0 rings (SSSR count). The average Bonchev–Trinajstić information content (AvgIpc) is 1.83. The molecule has 0 aromatic carbocycles. The Morgan fingerprint density at radius 3 is 2.75 bits per heavy atom. The third-order valence-electron chi connectivity index (χ3n) is 0.546. The molecule has 0 unspecified atom stereocenters. The van der Waals surface area contributed by atoms with Crippen LogP contribution in [0, 0.1) is 0 Å². The highest BCUT2D eigenvalue weighted by atomic mass is 16.4. The van der Waals surface area contributed by atoms with Crippen molar-refractivity contribution in [3.05, 3.63) is 0 Å². The van der Waals surface area contributed by atoms with E-state index in [2.05, 4.69) is 10.5 Å². The number of nitrogens with one attached hydrogen (secondary N) is 1. The van der Waals surface area contributed by atoms with Crippen molar-refractivity contribution in [3.63, 3.8) is 0 Å². The molecule has 0 fully saturated rings. The van der Waals surface area contributed by atoms with Gasteiger partial charge in [-0.1, -0.05) is 5.16 Å². The van der Waals surface area contributed by atoms with Crippen LogP contribution in [0.2, 0.25) is 0 Å². The molecule has 0 aromatic rings. The van der Waals surface area contributed by atoms with Gasteiger partial charge in [-0.15, -0.1) is 0 Å². The number of nitrogens with two attached hydrogens (primary N) is 1. The molecular formula is C3H9N3O2. The van der Waals surface area contributed by atoms with Crippen LogP contribution in [0.25, 0.3) is 0 Å². The second-order valence-electron chi connectivity index (χ2n) is 1.18. The topological polar surface area (TPSA) is 90.9 Å². The van der Waals surface area contributed by atoms with Crippen molar-refractivity contribution in [1.82, 2.24) is 5.32 Å². The van der Waals surface area contributed by atoms with Gasteiger partial charge in [0, 0.05) is 0 Å². The van der Waals surface area contributed by atoms with Gasteiger partial charge in [0.15, 0.2) is 5.84 Å². The first-order valence-corrected chi connectivity index (χ1v) is 2.09. The summed E-state index contributed by atoms with van der Waals surface area (Å²) >= 11 is 0. The van der Waals surface area contributed by atoms with E-state index in [1.54, 1.807) is 0 Å².